The van der Waals surface area contributed by atoms with Crippen LogP contribution in [-0.4, -0.2) is 13.1 Å². The van der Waals surface area contributed by atoms with Crippen molar-refractivity contribution in [2.24, 2.45) is 5.73 Å². The molecule has 0 saturated heterocycles. The van der Waals surface area contributed by atoms with Crippen molar-refractivity contribution in [2.75, 3.05) is 7.11 Å². The third-order valence-corrected chi connectivity index (χ3v) is 2.51. The van der Waals surface area contributed by atoms with E-state index in [4.69, 9.17) is 28.9 Å². The van der Waals surface area contributed by atoms with Crippen LogP contribution in [0, 0.1) is 0 Å². The van der Waals surface area contributed by atoms with E-state index in [2.05, 4.69) is 4.74 Å². The second-order valence-corrected chi connectivity index (χ2v) is 4.22. The molecule has 1 aromatic carbocycles. The van der Waals surface area contributed by atoms with E-state index in [1.807, 2.05) is 0 Å². The summed E-state index contributed by atoms with van der Waals surface area (Å²) < 4.78 is 4.60. The van der Waals surface area contributed by atoms with E-state index in [1.54, 1.807) is 25.1 Å². The summed E-state index contributed by atoms with van der Waals surface area (Å²) in [6, 6.07) is 4.74. The van der Waals surface area contributed by atoms with Crippen LogP contribution < -0.4 is 5.73 Å². The largest absolute Gasteiger partial charge is 0.467 e. The Labute approximate surface area is 98.1 Å². The summed E-state index contributed by atoms with van der Waals surface area (Å²) in [7, 11) is 1.28. The zero-order valence-electron chi connectivity index (χ0n) is 8.38. The first kappa shape index (κ1) is 12.3. The molecular formula is C10H11Cl2NO2. The van der Waals surface area contributed by atoms with Crippen molar-refractivity contribution in [3.63, 3.8) is 0 Å². The molecule has 82 valence electrons. The number of esters is 1. The van der Waals surface area contributed by atoms with Crippen molar-refractivity contribution in [1.29, 1.82) is 0 Å². The first-order chi connectivity index (χ1) is 6.87. The van der Waals surface area contributed by atoms with Crippen molar-refractivity contribution in [1.82, 2.24) is 0 Å². The second-order valence-electron chi connectivity index (χ2n) is 3.35. The molecule has 3 nitrogen and oxygen atoms in total. The Morgan fingerprint density at radius 2 is 1.80 bits per heavy atom. The summed E-state index contributed by atoms with van der Waals surface area (Å²) in [4.78, 5) is 11.4. The minimum atomic E-state index is -1.25. The van der Waals surface area contributed by atoms with E-state index < -0.39 is 11.5 Å². The number of hydrogen-bond donors (Lipinski definition) is 1. The normalized spacial score (nSPS) is 14.5. The van der Waals surface area contributed by atoms with Crippen molar-refractivity contribution in [3.05, 3.63) is 33.8 Å². The number of ether oxygens (including phenoxy) is 1. The van der Waals surface area contributed by atoms with E-state index in [0.717, 1.165) is 0 Å². The Hall–Kier alpha value is -0.770. The lowest BCUT2D eigenvalue weighted by Crippen LogP contribution is -2.42. The molecule has 1 rings (SSSR count). The minimum Gasteiger partial charge on any atom is -0.467 e. The maximum absolute atomic E-state index is 11.4. The predicted molar refractivity (Wildman–Crippen MR) is 60.0 cm³/mol. The van der Waals surface area contributed by atoms with Crippen LogP contribution in [0.1, 0.15) is 12.5 Å². The van der Waals surface area contributed by atoms with Crippen molar-refractivity contribution in [3.8, 4) is 0 Å². The number of carbonyl (C=O) groups is 1. The molecule has 2 N–H and O–H groups in total. The molecule has 0 fully saturated rings. The Morgan fingerprint density at radius 1 is 1.33 bits per heavy atom. The summed E-state index contributed by atoms with van der Waals surface area (Å²) in [6.45, 7) is 1.54. The highest BCUT2D eigenvalue weighted by atomic mass is 35.5. The number of methoxy groups -OCH3 is 1. The average molecular weight is 248 g/mol. The van der Waals surface area contributed by atoms with Gasteiger partial charge in [0.25, 0.3) is 0 Å². The highest BCUT2D eigenvalue weighted by Crippen LogP contribution is 2.26. The molecule has 0 saturated carbocycles. The molecule has 0 aliphatic heterocycles. The SMILES string of the molecule is COC(=O)C(C)(N)c1cc(Cl)cc(Cl)c1. The first-order valence-electron chi connectivity index (χ1n) is 4.22. The number of rotatable bonds is 2. The number of carbonyl (C=O) groups excluding carboxylic acids is 1. The van der Waals surface area contributed by atoms with Gasteiger partial charge in [-0.3, -0.25) is 0 Å². The Morgan fingerprint density at radius 3 is 2.20 bits per heavy atom. The van der Waals surface area contributed by atoms with E-state index in [0.29, 0.717) is 15.6 Å². The number of nitrogens with two attached hydrogens (primary N) is 1. The van der Waals surface area contributed by atoms with Gasteiger partial charge in [0.1, 0.15) is 5.54 Å². The monoisotopic (exact) mass is 247 g/mol. The maximum Gasteiger partial charge on any atom is 0.330 e. The smallest absolute Gasteiger partial charge is 0.330 e. The summed E-state index contributed by atoms with van der Waals surface area (Å²) in [5.41, 5.74) is 5.11. The van der Waals surface area contributed by atoms with Crippen LogP contribution in [0.15, 0.2) is 18.2 Å². The van der Waals surface area contributed by atoms with E-state index in [9.17, 15) is 4.79 Å². The third kappa shape index (κ3) is 2.62. The minimum absolute atomic E-state index is 0.429. The molecule has 0 aliphatic carbocycles. The van der Waals surface area contributed by atoms with E-state index in [-0.39, 0.29) is 0 Å². The molecule has 0 bridgehead atoms. The van der Waals surface area contributed by atoms with Crippen LogP contribution in [0.2, 0.25) is 10.0 Å². The zero-order valence-corrected chi connectivity index (χ0v) is 9.89. The molecule has 0 aromatic heterocycles. The summed E-state index contributed by atoms with van der Waals surface area (Å²) >= 11 is 11.6. The van der Waals surface area contributed by atoms with E-state index >= 15 is 0 Å². The van der Waals surface area contributed by atoms with Gasteiger partial charge < -0.3 is 10.5 Å². The fourth-order valence-electron chi connectivity index (χ4n) is 1.18. The Bertz CT molecular complexity index is 371. The predicted octanol–water partition coefficient (Wildman–Crippen LogP) is 2.34. The summed E-state index contributed by atoms with van der Waals surface area (Å²) in [5.74, 6) is -0.541. The number of halogens is 2. The first-order valence-corrected chi connectivity index (χ1v) is 4.97. The molecule has 15 heavy (non-hydrogen) atoms. The fraction of sp³-hybridized carbons (Fsp3) is 0.300. The van der Waals surface area contributed by atoms with Gasteiger partial charge in [-0.25, -0.2) is 4.79 Å². The highest BCUT2D eigenvalue weighted by molar-refractivity contribution is 6.34. The van der Waals surface area contributed by atoms with Gasteiger partial charge in [0.2, 0.25) is 0 Å². The molecule has 1 atom stereocenters. The van der Waals surface area contributed by atoms with Crippen molar-refractivity contribution in [2.45, 2.75) is 12.5 Å². The molecule has 5 heteroatoms. The fourth-order valence-corrected chi connectivity index (χ4v) is 1.71. The van der Waals surface area contributed by atoms with Gasteiger partial charge >= 0.3 is 5.97 Å². The molecule has 0 aliphatic rings. The lowest BCUT2D eigenvalue weighted by molar-refractivity contribution is -0.146. The average Bonchev–Trinajstić information content (AvgIpc) is 2.15. The van der Waals surface area contributed by atoms with Gasteiger partial charge in [-0.05, 0) is 30.7 Å². The molecular weight excluding hydrogens is 237 g/mol. The van der Waals surface area contributed by atoms with Crippen LogP contribution in [0.25, 0.3) is 0 Å². The molecule has 0 amide bonds. The number of hydrogen-bond acceptors (Lipinski definition) is 3. The highest BCUT2D eigenvalue weighted by Gasteiger charge is 2.32. The third-order valence-electron chi connectivity index (χ3n) is 2.07. The van der Waals surface area contributed by atoms with Gasteiger partial charge in [0.15, 0.2) is 0 Å². The van der Waals surface area contributed by atoms with Crippen LogP contribution in [0.3, 0.4) is 0 Å². The second kappa shape index (κ2) is 4.39. The quantitative estimate of drug-likeness (QED) is 0.817. The van der Waals surface area contributed by atoms with Crippen LogP contribution in [0.4, 0.5) is 0 Å². The van der Waals surface area contributed by atoms with Gasteiger partial charge in [-0.1, -0.05) is 23.2 Å². The van der Waals surface area contributed by atoms with Crippen LogP contribution >= 0.6 is 23.2 Å². The van der Waals surface area contributed by atoms with Crippen LogP contribution in [-0.2, 0) is 15.1 Å². The molecule has 1 aromatic rings. The molecule has 0 spiro atoms. The maximum atomic E-state index is 11.4. The Balaban J connectivity index is 3.20. The van der Waals surface area contributed by atoms with Gasteiger partial charge in [-0.15, -0.1) is 0 Å². The zero-order chi connectivity index (χ0) is 11.6. The summed E-state index contributed by atoms with van der Waals surface area (Å²) in [5, 5.41) is 0.858. The molecule has 1 unspecified atom stereocenters. The number of benzene rings is 1. The van der Waals surface area contributed by atoms with Gasteiger partial charge in [0, 0.05) is 10.0 Å². The molecule has 0 heterocycles. The molecule has 0 radical (unpaired) electrons. The van der Waals surface area contributed by atoms with Crippen molar-refractivity contribution >= 4 is 29.2 Å². The Kier molecular flexibility index (Phi) is 3.60. The van der Waals surface area contributed by atoms with Crippen LogP contribution in [0.5, 0.6) is 0 Å². The lowest BCUT2D eigenvalue weighted by Gasteiger charge is -2.22. The lowest BCUT2D eigenvalue weighted by atomic mass is 9.93. The topological polar surface area (TPSA) is 52.3 Å². The van der Waals surface area contributed by atoms with Crippen molar-refractivity contribution < 1.29 is 9.53 Å². The summed E-state index contributed by atoms with van der Waals surface area (Å²) in [6.07, 6.45) is 0. The standard InChI is InChI=1S/C10H11Cl2NO2/c1-10(13,9(14)15-2)6-3-7(11)5-8(12)4-6/h3-5H,13H2,1-2H3. The van der Waals surface area contributed by atoms with Gasteiger partial charge in [-0.2, -0.15) is 0 Å². The van der Waals surface area contributed by atoms with Gasteiger partial charge in [0.05, 0.1) is 7.11 Å². The van der Waals surface area contributed by atoms with E-state index in [1.165, 1.54) is 7.11 Å².